The summed E-state index contributed by atoms with van der Waals surface area (Å²) >= 11 is 0. The number of fused-ring (bicyclic) bond motifs is 10. The van der Waals surface area contributed by atoms with Crippen LogP contribution in [0.3, 0.4) is 0 Å². The normalized spacial score (nSPS) is 12.1. The van der Waals surface area contributed by atoms with Crippen molar-refractivity contribution in [1.82, 2.24) is 9.97 Å². The molecule has 0 fully saturated rings. The molecule has 2 nitrogen and oxygen atoms in total. The van der Waals surface area contributed by atoms with E-state index in [1.54, 1.807) is 36.5 Å². The van der Waals surface area contributed by atoms with Crippen molar-refractivity contribution in [1.29, 1.82) is 0 Å². The van der Waals surface area contributed by atoms with Gasteiger partial charge in [-0.1, -0.05) is 60.7 Å². The fraction of sp³-hybridized carbons (Fsp3) is 0. The van der Waals surface area contributed by atoms with Gasteiger partial charge in [0.05, 0.1) is 22.3 Å². The highest BCUT2D eigenvalue weighted by molar-refractivity contribution is 6.27. The van der Waals surface area contributed by atoms with E-state index in [0.717, 1.165) is 16.8 Å². The molecule has 13 heteroatoms. The van der Waals surface area contributed by atoms with Crippen LogP contribution in [0, 0.1) is 64.0 Å². The van der Waals surface area contributed by atoms with E-state index < -0.39 is 107 Å². The zero-order valence-corrected chi connectivity index (χ0v) is 26.1. The van der Waals surface area contributed by atoms with Crippen LogP contribution < -0.4 is 0 Å². The molecule has 2 aromatic heterocycles. The Kier molecular flexibility index (Phi) is 6.94. The summed E-state index contributed by atoms with van der Waals surface area (Å²) in [6, 6.07) is 19.4. The van der Waals surface area contributed by atoms with Crippen molar-refractivity contribution in [2.45, 2.75) is 0 Å². The van der Waals surface area contributed by atoms with Crippen LogP contribution in [0.1, 0.15) is 0 Å². The molecular formula is C40H13F11N2. The lowest BCUT2D eigenvalue weighted by molar-refractivity contribution is 0.415. The summed E-state index contributed by atoms with van der Waals surface area (Å²) in [7, 11) is 0. The topological polar surface area (TPSA) is 25.8 Å². The average molecular weight is 731 g/mol. The number of benzene rings is 7. The number of aromatic nitrogens is 2. The fourth-order valence-corrected chi connectivity index (χ4v) is 7.18. The summed E-state index contributed by atoms with van der Waals surface area (Å²) < 4.78 is 169. The Balaban J connectivity index is 1.41. The second-order valence-electron chi connectivity index (χ2n) is 12.2. The van der Waals surface area contributed by atoms with Crippen molar-refractivity contribution in [2.24, 2.45) is 0 Å². The number of hydrogen-bond donors (Lipinski definition) is 0. The van der Waals surface area contributed by atoms with E-state index in [2.05, 4.69) is 4.98 Å². The Morgan fingerprint density at radius 2 is 0.774 bits per heavy atom. The molecule has 0 bridgehead atoms. The van der Waals surface area contributed by atoms with Crippen LogP contribution in [0.5, 0.6) is 0 Å². The molecule has 0 aliphatic heterocycles. The molecule has 0 atom stereocenters. The van der Waals surface area contributed by atoms with Crippen molar-refractivity contribution >= 4 is 64.9 Å². The van der Waals surface area contributed by atoms with Gasteiger partial charge >= 0.3 is 0 Å². The summed E-state index contributed by atoms with van der Waals surface area (Å²) in [5, 5.41) is -8.46. The lowest BCUT2D eigenvalue weighted by Gasteiger charge is -2.19. The molecular weight excluding hydrogens is 717 g/mol. The highest BCUT2D eigenvalue weighted by atomic mass is 19.2. The first kappa shape index (κ1) is 32.5. The molecule has 9 rings (SSSR count). The molecule has 0 saturated heterocycles. The molecule has 0 N–H and O–H groups in total. The van der Waals surface area contributed by atoms with E-state index in [9.17, 15) is 17.6 Å². The van der Waals surface area contributed by atoms with E-state index in [-0.39, 0.29) is 5.39 Å². The molecule has 0 spiro atoms. The summed E-state index contributed by atoms with van der Waals surface area (Å²) in [5.41, 5.74) is 0.304. The van der Waals surface area contributed by atoms with Crippen LogP contribution in [-0.4, -0.2) is 9.97 Å². The predicted molar refractivity (Wildman–Crippen MR) is 177 cm³/mol. The van der Waals surface area contributed by atoms with Gasteiger partial charge in [0.1, 0.15) is 5.82 Å². The smallest absolute Gasteiger partial charge is 0.198 e. The first-order valence-electron chi connectivity index (χ1n) is 15.5. The van der Waals surface area contributed by atoms with Gasteiger partial charge in [-0.15, -0.1) is 0 Å². The van der Waals surface area contributed by atoms with Crippen LogP contribution in [0.25, 0.3) is 87.3 Å². The minimum absolute atomic E-state index is 0.0544. The van der Waals surface area contributed by atoms with Crippen LogP contribution in [-0.2, 0) is 0 Å². The summed E-state index contributed by atoms with van der Waals surface area (Å²) in [6.07, 6.45) is 1.60. The number of nitrogens with zero attached hydrogens (tertiary/aromatic N) is 2. The Morgan fingerprint density at radius 3 is 1.32 bits per heavy atom. The molecule has 9 aromatic rings. The SMILES string of the molecule is Fc1c(F)c(F)c2c(c1F)c1c(F)c(F)c(F)c(F)c1c1c(F)c(-c3ccc(-c4ccc5ccc6cccnc6c5n4)c4ccccc34)c(F)c(F)c21. The van der Waals surface area contributed by atoms with E-state index >= 15 is 30.7 Å². The predicted octanol–water partition coefficient (Wildman–Crippen LogP) is 12.3. The summed E-state index contributed by atoms with van der Waals surface area (Å²) in [4.78, 5) is 9.24. The van der Waals surface area contributed by atoms with Gasteiger partial charge in [0.15, 0.2) is 58.2 Å². The van der Waals surface area contributed by atoms with Gasteiger partial charge in [-0.2, -0.15) is 0 Å². The third-order valence-corrected chi connectivity index (χ3v) is 9.51. The number of rotatable bonds is 2. The Hall–Kier alpha value is -6.37. The second-order valence-corrected chi connectivity index (χ2v) is 12.2. The molecule has 0 aliphatic carbocycles. The van der Waals surface area contributed by atoms with Gasteiger partial charge in [0.2, 0.25) is 0 Å². The molecule has 0 unspecified atom stereocenters. The number of hydrogen-bond acceptors (Lipinski definition) is 2. The molecule has 7 aromatic carbocycles. The van der Waals surface area contributed by atoms with Crippen LogP contribution >= 0.6 is 0 Å². The van der Waals surface area contributed by atoms with E-state index in [0.29, 0.717) is 27.7 Å². The van der Waals surface area contributed by atoms with Crippen molar-refractivity contribution in [3.05, 3.63) is 143 Å². The van der Waals surface area contributed by atoms with Crippen molar-refractivity contribution < 1.29 is 48.3 Å². The first-order chi connectivity index (χ1) is 25.4. The summed E-state index contributed by atoms with van der Waals surface area (Å²) in [5.74, 6) is -26.5. The zero-order chi connectivity index (χ0) is 37.2. The minimum Gasteiger partial charge on any atom is -0.254 e. The summed E-state index contributed by atoms with van der Waals surface area (Å²) in [6.45, 7) is 0. The van der Waals surface area contributed by atoms with Gasteiger partial charge in [-0.25, -0.2) is 53.3 Å². The minimum atomic E-state index is -2.62. The molecule has 53 heavy (non-hydrogen) atoms. The maximum absolute atomic E-state index is 17.0. The first-order valence-corrected chi connectivity index (χ1v) is 15.5. The lowest BCUT2D eigenvalue weighted by atomic mass is 9.87. The van der Waals surface area contributed by atoms with Crippen molar-refractivity contribution in [2.75, 3.05) is 0 Å². The van der Waals surface area contributed by atoms with Crippen LogP contribution in [0.15, 0.2) is 79.0 Å². The largest absolute Gasteiger partial charge is 0.254 e. The molecule has 0 radical (unpaired) electrons. The maximum Gasteiger partial charge on any atom is 0.198 e. The maximum atomic E-state index is 17.0. The average Bonchev–Trinajstić information content (AvgIpc) is 3.18. The van der Waals surface area contributed by atoms with Crippen molar-refractivity contribution in [3.63, 3.8) is 0 Å². The highest BCUT2D eigenvalue weighted by Gasteiger charge is 2.35. The molecule has 260 valence electrons. The van der Waals surface area contributed by atoms with Gasteiger partial charge in [-0.3, -0.25) is 4.98 Å². The quantitative estimate of drug-likeness (QED) is 0.0766. The highest BCUT2D eigenvalue weighted by Crippen LogP contribution is 2.48. The fourth-order valence-electron chi connectivity index (χ4n) is 7.18. The number of halogens is 11. The second kappa shape index (κ2) is 11.3. The Morgan fingerprint density at radius 1 is 0.340 bits per heavy atom. The molecule has 0 aliphatic rings. The van der Waals surface area contributed by atoms with E-state index in [1.165, 1.54) is 18.2 Å². The van der Waals surface area contributed by atoms with Gasteiger partial charge in [0, 0.05) is 54.9 Å². The van der Waals surface area contributed by atoms with Gasteiger partial charge in [-0.05, 0) is 28.5 Å². The monoisotopic (exact) mass is 730 g/mol. The number of pyridine rings is 2. The molecule has 0 amide bonds. The molecule has 0 saturated carbocycles. The van der Waals surface area contributed by atoms with Gasteiger partial charge < -0.3 is 0 Å². The Labute approximate surface area is 288 Å². The van der Waals surface area contributed by atoms with Gasteiger partial charge in [0.25, 0.3) is 0 Å². The molecule has 2 heterocycles. The standard InChI is InChI=1S/C40H13F11N2/c41-28-21(19-11-10-18(16-5-1-2-6-17(16)19)20-12-9-15-8-7-14-4-3-13-52-39(14)40(15)53-20)29(42)30(43)23-22(28)24-26(33(46)37(50)35(48)31(24)44)27-25(23)32(45)36(49)38(51)34(27)47/h1-13H. The zero-order valence-electron chi connectivity index (χ0n) is 26.1. The van der Waals surface area contributed by atoms with Crippen LogP contribution in [0.4, 0.5) is 48.3 Å². The van der Waals surface area contributed by atoms with Crippen molar-refractivity contribution in [3.8, 4) is 22.4 Å². The third-order valence-electron chi connectivity index (χ3n) is 9.51. The van der Waals surface area contributed by atoms with E-state index in [1.807, 2.05) is 18.2 Å². The van der Waals surface area contributed by atoms with E-state index in [4.69, 9.17) is 4.98 Å². The lowest BCUT2D eigenvalue weighted by Crippen LogP contribution is -2.07. The van der Waals surface area contributed by atoms with Crippen LogP contribution in [0.2, 0.25) is 0 Å². The Bertz CT molecular complexity index is 3100. The third kappa shape index (κ3) is 4.27.